The number of benzene rings is 1. The number of carbonyl (C=O) groups is 4. The van der Waals surface area contributed by atoms with E-state index in [9.17, 15) is 19.2 Å². The highest BCUT2D eigenvalue weighted by Crippen LogP contribution is 2.12. The Bertz CT molecular complexity index is 737. The maximum absolute atomic E-state index is 12.7. The Labute approximate surface area is 174 Å². The van der Waals surface area contributed by atoms with E-state index in [1.807, 2.05) is 0 Å². The van der Waals surface area contributed by atoms with Gasteiger partial charge in [0.25, 0.3) is 0 Å². The summed E-state index contributed by atoms with van der Waals surface area (Å²) in [6, 6.07) is 4.09. The van der Waals surface area contributed by atoms with Gasteiger partial charge in [-0.2, -0.15) is 0 Å². The number of nitrogens with one attached hydrogen (secondary N) is 3. The minimum absolute atomic E-state index is 0.106. The third-order valence-electron chi connectivity index (χ3n) is 4.21. The van der Waals surface area contributed by atoms with Crippen LogP contribution in [0.5, 0.6) is 0 Å². The molecule has 0 fully saturated rings. The summed E-state index contributed by atoms with van der Waals surface area (Å²) in [5.74, 6) is -1.01. The van der Waals surface area contributed by atoms with Crippen LogP contribution >= 0.6 is 0 Å². The molecule has 0 aliphatic rings. The number of hydrogen-bond donors (Lipinski definition) is 6. The molecule has 166 valence electrons. The SMILES string of the molecule is CC(C)[C@H](N)C(=O)NC(CCCNC(N)=O)C(=O)Nc1ccc(COC(=O)O)cc1. The van der Waals surface area contributed by atoms with Crippen molar-refractivity contribution < 1.29 is 29.0 Å². The third kappa shape index (κ3) is 9.24. The Morgan fingerprint density at radius 1 is 1.10 bits per heavy atom. The van der Waals surface area contributed by atoms with Gasteiger partial charge in [0.2, 0.25) is 11.8 Å². The lowest BCUT2D eigenvalue weighted by molar-refractivity contribution is -0.128. The summed E-state index contributed by atoms with van der Waals surface area (Å²) in [7, 11) is 0. The number of amides is 4. The fourth-order valence-corrected chi connectivity index (χ4v) is 2.42. The van der Waals surface area contributed by atoms with E-state index in [2.05, 4.69) is 20.7 Å². The third-order valence-corrected chi connectivity index (χ3v) is 4.21. The van der Waals surface area contributed by atoms with E-state index in [-0.39, 0.29) is 25.5 Å². The molecule has 30 heavy (non-hydrogen) atoms. The number of anilines is 1. The first-order chi connectivity index (χ1) is 14.1. The van der Waals surface area contributed by atoms with Crippen LogP contribution in [-0.2, 0) is 20.9 Å². The molecular weight excluding hydrogens is 394 g/mol. The standard InChI is InChI=1S/C19H29N5O6/c1-11(2)15(20)17(26)24-14(4-3-9-22-18(21)27)16(25)23-13-7-5-12(6-8-13)10-30-19(28)29/h5-8,11,14-15H,3-4,9-10,20H2,1-2H3,(H,23,25)(H,24,26)(H,28,29)(H3,21,22,27)/t14?,15-/m0/s1. The van der Waals surface area contributed by atoms with Crippen LogP contribution in [0.25, 0.3) is 0 Å². The summed E-state index contributed by atoms with van der Waals surface area (Å²) < 4.78 is 4.48. The summed E-state index contributed by atoms with van der Waals surface area (Å²) >= 11 is 0. The zero-order chi connectivity index (χ0) is 22.7. The molecule has 0 aliphatic heterocycles. The number of primary amides is 1. The van der Waals surface area contributed by atoms with Gasteiger partial charge in [0.1, 0.15) is 12.6 Å². The van der Waals surface area contributed by atoms with Crippen LogP contribution in [-0.4, -0.2) is 47.7 Å². The first-order valence-corrected chi connectivity index (χ1v) is 9.45. The highest BCUT2D eigenvalue weighted by atomic mass is 16.7. The van der Waals surface area contributed by atoms with Gasteiger partial charge in [-0.1, -0.05) is 26.0 Å². The topological polar surface area (TPSA) is 186 Å². The second kappa shape index (κ2) is 12.3. The lowest BCUT2D eigenvalue weighted by Gasteiger charge is -2.22. The van der Waals surface area contributed by atoms with E-state index in [0.717, 1.165) is 0 Å². The van der Waals surface area contributed by atoms with Crippen LogP contribution in [0.2, 0.25) is 0 Å². The molecule has 0 aromatic heterocycles. The Morgan fingerprint density at radius 3 is 2.27 bits per heavy atom. The Balaban J connectivity index is 2.75. The van der Waals surface area contributed by atoms with Crippen LogP contribution in [0, 0.1) is 5.92 Å². The highest BCUT2D eigenvalue weighted by Gasteiger charge is 2.25. The maximum Gasteiger partial charge on any atom is 0.506 e. The zero-order valence-electron chi connectivity index (χ0n) is 17.0. The number of ether oxygens (including phenoxy) is 1. The first-order valence-electron chi connectivity index (χ1n) is 9.45. The van der Waals surface area contributed by atoms with Gasteiger partial charge in [-0.25, -0.2) is 9.59 Å². The second-order valence-corrected chi connectivity index (χ2v) is 7.00. The lowest BCUT2D eigenvalue weighted by atomic mass is 10.0. The fraction of sp³-hybridized carbons (Fsp3) is 0.474. The van der Waals surface area contributed by atoms with Gasteiger partial charge >= 0.3 is 12.2 Å². The average Bonchev–Trinajstić information content (AvgIpc) is 2.68. The van der Waals surface area contributed by atoms with Crippen molar-refractivity contribution in [3.8, 4) is 0 Å². The minimum atomic E-state index is -1.38. The van der Waals surface area contributed by atoms with E-state index in [1.165, 1.54) is 0 Å². The Morgan fingerprint density at radius 2 is 1.73 bits per heavy atom. The summed E-state index contributed by atoms with van der Waals surface area (Å²) in [4.78, 5) is 46.2. The molecule has 0 spiro atoms. The van der Waals surface area contributed by atoms with Crippen molar-refractivity contribution in [2.75, 3.05) is 11.9 Å². The van der Waals surface area contributed by atoms with Gasteiger partial charge in [0.05, 0.1) is 6.04 Å². The fourth-order valence-electron chi connectivity index (χ4n) is 2.42. The van der Waals surface area contributed by atoms with Gasteiger partial charge in [-0.3, -0.25) is 9.59 Å². The molecule has 0 saturated heterocycles. The van der Waals surface area contributed by atoms with E-state index < -0.39 is 36.1 Å². The molecule has 1 aromatic carbocycles. The van der Waals surface area contributed by atoms with E-state index in [4.69, 9.17) is 16.6 Å². The van der Waals surface area contributed by atoms with Crippen molar-refractivity contribution in [3.63, 3.8) is 0 Å². The predicted octanol–water partition coefficient (Wildman–Crippen LogP) is 0.736. The molecule has 0 radical (unpaired) electrons. The zero-order valence-corrected chi connectivity index (χ0v) is 17.0. The second-order valence-electron chi connectivity index (χ2n) is 7.00. The normalized spacial score (nSPS) is 12.5. The smallest absolute Gasteiger partial charge is 0.450 e. The van der Waals surface area contributed by atoms with Crippen LogP contribution in [0.3, 0.4) is 0 Å². The van der Waals surface area contributed by atoms with Crippen molar-refractivity contribution in [3.05, 3.63) is 29.8 Å². The average molecular weight is 423 g/mol. The van der Waals surface area contributed by atoms with Gasteiger partial charge in [-0.05, 0) is 36.5 Å². The molecule has 11 heteroatoms. The first kappa shape index (κ1) is 24.7. The van der Waals surface area contributed by atoms with Crippen LogP contribution in [0.4, 0.5) is 15.3 Å². The quantitative estimate of drug-likeness (QED) is 0.224. The molecule has 0 heterocycles. The summed E-state index contributed by atoms with van der Waals surface area (Å²) in [5, 5.41) is 16.3. The Kier molecular flexibility index (Phi) is 10.1. The summed E-state index contributed by atoms with van der Waals surface area (Å²) in [6.45, 7) is 3.74. The number of carbonyl (C=O) groups excluding carboxylic acids is 3. The van der Waals surface area contributed by atoms with Gasteiger partial charge in [0.15, 0.2) is 0 Å². The van der Waals surface area contributed by atoms with Gasteiger partial charge < -0.3 is 37.3 Å². The van der Waals surface area contributed by atoms with Crippen molar-refractivity contribution in [2.24, 2.45) is 17.4 Å². The molecular formula is C19H29N5O6. The number of carboxylic acid groups (broad SMARTS) is 1. The van der Waals surface area contributed by atoms with Crippen molar-refractivity contribution in [2.45, 2.75) is 45.4 Å². The van der Waals surface area contributed by atoms with Crippen molar-refractivity contribution in [1.82, 2.24) is 10.6 Å². The van der Waals surface area contributed by atoms with E-state index >= 15 is 0 Å². The molecule has 0 bridgehead atoms. The monoisotopic (exact) mass is 423 g/mol. The molecule has 0 aliphatic carbocycles. The van der Waals surface area contributed by atoms with Crippen LogP contribution in [0.1, 0.15) is 32.3 Å². The number of nitrogens with two attached hydrogens (primary N) is 2. The Hall–Kier alpha value is -3.34. The maximum atomic E-state index is 12.7. The lowest BCUT2D eigenvalue weighted by Crippen LogP contribution is -2.51. The molecule has 4 amide bonds. The van der Waals surface area contributed by atoms with E-state index in [1.54, 1.807) is 38.1 Å². The van der Waals surface area contributed by atoms with Gasteiger partial charge in [0, 0.05) is 12.2 Å². The molecule has 2 atom stereocenters. The van der Waals surface area contributed by atoms with Crippen molar-refractivity contribution >= 4 is 29.7 Å². The molecule has 8 N–H and O–H groups in total. The summed E-state index contributed by atoms with van der Waals surface area (Å²) in [5.41, 5.74) is 11.9. The minimum Gasteiger partial charge on any atom is -0.450 e. The molecule has 11 nitrogen and oxygen atoms in total. The molecule has 1 unspecified atom stereocenters. The highest BCUT2D eigenvalue weighted by molar-refractivity contribution is 5.97. The number of urea groups is 1. The molecule has 0 saturated carbocycles. The number of rotatable bonds is 11. The van der Waals surface area contributed by atoms with E-state index in [0.29, 0.717) is 17.7 Å². The summed E-state index contributed by atoms with van der Waals surface area (Å²) in [6.07, 6.45) is -0.715. The van der Waals surface area contributed by atoms with Gasteiger partial charge in [-0.15, -0.1) is 0 Å². The molecule has 1 rings (SSSR count). The van der Waals surface area contributed by atoms with Crippen molar-refractivity contribution in [1.29, 1.82) is 0 Å². The largest absolute Gasteiger partial charge is 0.506 e. The molecule has 1 aromatic rings. The van der Waals surface area contributed by atoms with Crippen LogP contribution in [0.15, 0.2) is 24.3 Å². The number of hydrogen-bond acceptors (Lipinski definition) is 6. The predicted molar refractivity (Wildman–Crippen MR) is 109 cm³/mol. The van der Waals surface area contributed by atoms with Crippen LogP contribution < -0.4 is 27.4 Å².